The third kappa shape index (κ3) is 2.74. The molecule has 1 atom stereocenters. The van der Waals surface area contributed by atoms with Crippen molar-refractivity contribution >= 4 is 32.3 Å². The van der Waals surface area contributed by atoms with E-state index in [0.717, 1.165) is 31.2 Å². The SMILES string of the molecule is CC=S(=O)(NC(=S)c1cc(C2CC2)ccc1F)C1CC1. The highest BCUT2D eigenvalue weighted by molar-refractivity contribution is 8.01. The second-order valence-electron chi connectivity index (χ2n) is 5.53. The predicted molar refractivity (Wildman–Crippen MR) is 86.1 cm³/mol. The molecule has 1 aromatic carbocycles. The van der Waals surface area contributed by atoms with Crippen LogP contribution in [0.2, 0.25) is 0 Å². The Morgan fingerprint density at radius 1 is 1.40 bits per heavy atom. The summed E-state index contributed by atoms with van der Waals surface area (Å²) in [6.45, 7) is 1.77. The molecule has 0 aromatic heterocycles. The van der Waals surface area contributed by atoms with Gasteiger partial charge in [-0.2, -0.15) is 0 Å². The Bertz CT molecular complexity index is 668. The lowest BCUT2D eigenvalue weighted by atomic mass is 10.1. The molecule has 0 amide bonds. The maximum absolute atomic E-state index is 14.0. The molecule has 20 heavy (non-hydrogen) atoms. The van der Waals surface area contributed by atoms with E-state index in [1.807, 2.05) is 12.1 Å². The van der Waals surface area contributed by atoms with Crippen LogP contribution in [0, 0.1) is 5.82 Å². The number of nitrogens with one attached hydrogen (secondary N) is 1. The van der Waals surface area contributed by atoms with Crippen LogP contribution in [0.5, 0.6) is 0 Å². The Morgan fingerprint density at radius 3 is 2.65 bits per heavy atom. The fourth-order valence-corrected chi connectivity index (χ4v) is 4.79. The van der Waals surface area contributed by atoms with Crippen molar-refractivity contribution in [1.82, 2.24) is 4.72 Å². The minimum atomic E-state index is -2.30. The second kappa shape index (κ2) is 5.11. The van der Waals surface area contributed by atoms with E-state index in [-0.39, 0.29) is 16.1 Å². The molecule has 0 heterocycles. The van der Waals surface area contributed by atoms with Gasteiger partial charge in [0.15, 0.2) is 0 Å². The quantitative estimate of drug-likeness (QED) is 0.866. The molecule has 2 fully saturated rings. The Morgan fingerprint density at radius 2 is 2.10 bits per heavy atom. The molecule has 2 saturated carbocycles. The van der Waals surface area contributed by atoms with Crippen molar-refractivity contribution in [2.45, 2.75) is 43.8 Å². The molecule has 0 radical (unpaired) electrons. The van der Waals surface area contributed by atoms with Crippen molar-refractivity contribution in [1.29, 1.82) is 0 Å². The van der Waals surface area contributed by atoms with Gasteiger partial charge in [0.1, 0.15) is 10.8 Å². The number of thiocarbonyl (C=S) groups is 1. The van der Waals surface area contributed by atoms with Crippen LogP contribution in [0.1, 0.15) is 49.7 Å². The van der Waals surface area contributed by atoms with Crippen molar-refractivity contribution in [2.75, 3.05) is 0 Å². The van der Waals surface area contributed by atoms with Gasteiger partial charge in [-0.25, -0.2) is 8.60 Å². The van der Waals surface area contributed by atoms with Gasteiger partial charge in [-0.15, -0.1) is 0 Å². The van der Waals surface area contributed by atoms with Gasteiger partial charge in [-0.05, 0) is 61.6 Å². The van der Waals surface area contributed by atoms with Crippen LogP contribution >= 0.6 is 12.2 Å². The first-order chi connectivity index (χ1) is 9.53. The maximum atomic E-state index is 14.0. The van der Waals surface area contributed by atoms with Gasteiger partial charge in [0.25, 0.3) is 0 Å². The van der Waals surface area contributed by atoms with Gasteiger partial charge < -0.3 is 4.72 Å². The molecule has 2 aliphatic rings. The van der Waals surface area contributed by atoms with Gasteiger partial charge >= 0.3 is 0 Å². The zero-order chi connectivity index (χ0) is 14.3. The summed E-state index contributed by atoms with van der Waals surface area (Å²) >= 11 is 5.29. The Hall–Kier alpha value is -0.940. The smallest absolute Gasteiger partial charge is 0.133 e. The predicted octanol–water partition coefficient (Wildman–Crippen LogP) is 3.15. The third-order valence-corrected chi connectivity index (χ3v) is 7.04. The van der Waals surface area contributed by atoms with Crippen LogP contribution in [0.15, 0.2) is 18.2 Å². The summed E-state index contributed by atoms with van der Waals surface area (Å²) < 4.78 is 29.5. The zero-order valence-corrected chi connectivity index (χ0v) is 13.0. The Kier molecular flexibility index (Phi) is 3.58. The molecule has 0 aliphatic heterocycles. The van der Waals surface area contributed by atoms with E-state index in [1.165, 1.54) is 6.07 Å². The first-order valence-electron chi connectivity index (χ1n) is 6.97. The number of hydrogen-bond donors (Lipinski definition) is 1. The van der Waals surface area contributed by atoms with E-state index in [0.29, 0.717) is 11.5 Å². The molecule has 1 aromatic rings. The largest absolute Gasteiger partial charge is 0.303 e. The van der Waals surface area contributed by atoms with Crippen LogP contribution in [-0.2, 0) is 9.71 Å². The summed E-state index contributed by atoms with van der Waals surface area (Å²) in [5, 5.41) is 1.83. The number of halogens is 1. The van der Waals surface area contributed by atoms with Crippen molar-refractivity contribution in [3.8, 4) is 0 Å². The zero-order valence-electron chi connectivity index (χ0n) is 11.4. The molecule has 108 valence electrons. The molecule has 1 N–H and O–H groups in total. The number of hydrogen-bond acceptors (Lipinski definition) is 2. The molecule has 1 unspecified atom stereocenters. The normalized spacial score (nSPS) is 21.1. The molecule has 0 bridgehead atoms. The average molecular weight is 311 g/mol. The molecule has 2 aliphatic carbocycles. The summed E-state index contributed by atoms with van der Waals surface area (Å²) in [6, 6.07) is 5.10. The van der Waals surface area contributed by atoms with Crippen molar-refractivity contribution < 1.29 is 8.60 Å². The minimum absolute atomic E-state index is 0.153. The molecule has 3 rings (SSSR count). The Labute approximate surface area is 124 Å². The van der Waals surface area contributed by atoms with Crippen LogP contribution in [0.3, 0.4) is 0 Å². The van der Waals surface area contributed by atoms with E-state index >= 15 is 0 Å². The van der Waals surface area contributed by atoms with Gasteiger partial charge in [-0.3, -0.25) is 0 Å². The monoisotopic (exact) mass is 311 g/mol. The van der Waals surface area contributed by atoms with E-state index in [9.17, 15) is 8.60 Å². The van der Waals surface area contributed by atoms with E-state index in [2.05, 4.69) is 4.72 Å². The molecular formula is C15H18FNOS2. The van der Waals surface area contributed by atoms with Crippen LogP contribution in [-0.4, -0.2) is 19.8 Å². The van der Waals surface area contributed by atoms with E-state index < -0.39 is 9.71 Å². The highest BCUT2D eigenvalue weighted by atomic mass is 32.2. The van der Waals surface area contributed by atoms with Crippen LogP contribution in [0.25, 0.3) is 0 Å². The molecule has 2 nitrogen and oxygen atoms in total. The summed E-state index contributed by atoms with van der Waals surface area (Å²) in [4.78, 5) is 0.264. The lowest BCUT2D eigenvalue weighted by Crippen LogP contribution is -2.34. The first kappa shape index (κ1) is 14.0. The lowest BCUT2D eigenvalue weighted by Gasteiger charge is -2.15. The minimum Gasteiger partial charge on any atom is -0.303 e. The summed E-state index contributed by atoms with van der Waals surface area (Å²) in [6.07, 6.45) is 4.21. The highest BCUT2D eigenvalue weighted by Crippen LogP contribution is 2.40. The molecule has 0 spiro atoms. The number of rotatable bonds is 4. The molecule has 5 heteroatoms. The molecule has 0 saturated heterocycles. The summed E-state index contributed by atoms with van der Waals surface area (Å²) in [5.74, 6) is 0.197. The first-order valence-corrected chi connectivity index (χ1v) is 9.06. The fourth-order valence-electron chi connectivity index (χ4n) is 2.34. The summed E-state index contributed by atoms with van der Waals surface area (Å²) in [7, 11) is -2.30. The second-order valence-corrected chi connectivity index (χ2v) is 8.57. The van der Waals surface area contributed by atoms with Crippen LogP contribution in [0.4, 0.5) is 4.39 Å². The topological polar surface area (TPSA) is 29.1 Å². The molecular weight excluding hydrogens is 293 g/mol. The van der Waals surface area contributed by atoms with E-state index in [4.69, 9.17) is 12.2 Å². The fraction of sp³-hybridized carbons (Fsp3) is 0.467. The highest BCUT2D eigenvalue weighted by Gasteiger charge is 2.33. The van der Waals surface area contributed by atoms with Crippen molar-refractivity contribution in [3.05, 3.63) is 35.1 Å². The standard InChI is InChI=1S/C15H18FNOS2/c1-2-20(18,12-6-7-12)17-15(19)13-9-11(10-3-4-10)5-8-14(13)16/h2,5,8-10,12H,3-4,6-7H2,1H3,(H,17,18,19). The van der Waals surface area contributed by atoms with Crippen LogP contribution < -0.4 is 4.72 Å². The van der Waals surface area contributed by atoms with E-state index in [1.54, 1.807) is 12.3 Å². The van der Waals surface area contributed by atoms with Gasteiger partial charge in [0.05, 0.1) is 9.71 Å². The third-order valence-electron chi connectivity index (χ3n) is 3.91. The Balaban J connectivity index is 1.86. The van der Waals surface area contributed by atoms with Crippen molar-refractivity contribution in [3.63, 3.8) is 0 Å². The van der Waals surface area contributed by atoms with Gasteiger partial charge in [0, 0.05) is 10.8 Å². The van der Waals surface area contributed by atoms with Crippen molar-refractivity contribution in [2.24, 2.45) is 0 Å². The number of benzene rings is 1. The van der Waals surface area contributed by atoms with Gasteiger partial charge in [0.2, 0.25) is 0 Å². The average Bonchev–Trinajstić information content (AvgIpc) is 3.30. The lowest BCUT2D eigenvalue weighted by molar-refractivity contribution is 0.624. The maximum Gasteiger partial charge on any atom is 0.133 e. The van der Waals surface area contributed by atoms with Gasteiger partial charge in [-0.1, -0.05) is 18.3 Å². The summed E-state index contributed by atoms with van der Waals surface area (Å²) in [5.41, 5.74) is 1.50.